The lowest BCUT2D eigenvalue weighted by Gasteiger charge is -2.15. The summed E-state index contributed by atoms with van der Waals surface area (Å²) in [5, 5.41) is 13.5. The number of carboxylic acids is 1. The second-order valence-electron chi connectivity index (χ2n) is 5.08. The maximum atomic E-state index is 13.7. The Hall–Kier alpha value is -2.17. The number of halogens is 1. The zero-order valence-electron chi connectivity index (χ0n) is 11.2. The zero-order valence-corrected chi connectivity index (χ0v) is 11.2. The number of carboxylic acid groups (broad SMARTS) is 1. The van der Waals surface area contributed by atoms with Gasteiger partial charge in [0.25, 0.3) is 0 Å². The molecule has 0 spiro atoms. The van der Waals surface area contributed by atoms with Gasteiger partial charge in [0.15, 0.2) is 5.69 Å². The SMILES string of the molecule is Cc1c(F)cccc1-n1nc(C(=O)O)c2c1CCCC2. The molecule has 0 amide bonds. The van der Waals surface area contributed by atoms with Gasteiger partial charge in [-0.05, 0) is 44.7 Å². The van der Waals surface area contributed by atoms with Gasteiger partial charge in [-0.2, -0.15) is 5.10 Å². The minimum atomic E-state index is -1.02. The molecule has 0 saturated carbocycles. The summed E-state index contributed by atoms with van der Waals surface area (Å²) in [4.78, 5) is 11.3. The maximum Gasteiger partial charge on any atom is 0.356 e. The molecule has 0 atom stereocenters. The van der Waals surface area contributed by atoms with Gasteiger partial charge in [0, 0.05) is 16.8 Å². The minimum absolute atomic E-state index is 0.100. The standard InChI is InChI=1S/C15H15FN2O2/c1-9-11(16)6-4-8-12(9)18-13-7-3-2-5-10(13)14(17-18)15(19)20/h4,6,8H,2-3,5,7H2,1H3,(H,19,20). The molecular weight excluding hydrogens is 259 g/mol. The van der Waals surface area contributed by atoms with Crippen LogP contribution in [0.25, 0.3) is 5.69 Å². The minimum Gasteiger partial charge on any atom is -0.476 e. The number of aromatic carboxylic acids is 1. The Labute approximate surface area is 115 Å². The van der Waals surface area contributed by atoms with E-state index in [4.69, 9.17) is 0 Å². The molecule has 0 saturated heterocycles. The highest BCUT2D eigenvalue weighted by Gasteiger charge is 2.25. The number of nitrogens with zero attached hydrogens (tertiary/aromatic N) is 2. The number of carbonyl (C=O) groups is 1. The quantitative estimate of drug-likeness (QED) is 0.916. The third-order valence-corrected chi connectivity index (χ3v) is 3.85. The summed E-state index contributed by atoms with van der Waals surface area (Å²) in [7, 11) is 0. The van der Waals surface area contributed by atoms with Crippen molar-refractivity contribution in [1.29, 1.82) is 0 Å². The van der Waals surface area contributed by atoms with Crippen LogP contribution >= 0.6 is 0 Å². The van der Waals surface area contributed by atoms with E-state index in [1.807, 2.05) is 0 Å². The van der Waals surface area contributed by atoms with Crippen LogP contribution in [0.15, 0.2) is 18.2 Å². The number of rotatable bonds is 2. The molecular formula is C15H15FN2O2. The second-order valence-corrected chi connectivity index (χ2v) is 5.08. The van der Waals surface area contributed by atoms with Crippen molar-refractivity contribution in [2.75, 3.05) is 0 Å². The molecule has 1 aliphatic carbocycles. The molecule has 1 heterocycles. The van der Waals surface area contributed by atoms with Crippen molar-refractivity contribution in [3.63, 3.8) is 0 Å². The lowest BCUT2D eigenvalue weighted by Crippen LogP contribution is -2.09. The summed E-state index contributed by atoms with van der Waals surface area (Å²) in [6, 6.07) is 4.79. The molecule has 20 heavy (non-hydrogen) atoms. The Morgan fingerprint density at radius 3 is 2.85 bits per heavy atom. The average Bonchev–Trinajstić information content (AvgIpc) is 2.82. The van der Waals surface area contributed by atoms with Gasteiger partial charge in [0.2, 0.25) is 0 Å². The number of hydrogen-bond acceptors (Lipinski definition) is 2. The van der Waals surface area contributed by atoms with Gasteiger partial charge in [-0.3, -0.25) is 0 Å². The first kappa shape index (κ1) is 12.8. The molecule has 1 N–H and O–H groups in total. The summed E-state index contributed by atoms with van der Waals surface area (Å²) >= 11 is 0. The van der Waals surface area contributed by atoms with Crippen LogP contribution in [0.3, 0.4) is 0 Å². The number of aromatic nitrogens is 2. The van der Waals surface area contributed by atoms with E-state index in [0.29, 0.717) is 11.3 Å². The van der Waals surface area contributed by atoms with E-state index in [2.05, 4.69) is 5.10 Å². The highest BCUT2D eigenvalue weighted by atomic mass is 19.1. The lowest BCUT2D eigenvalue weighted by molar-refractivity contribution is 0.0688. The van der Waals surface area contributed by atoms with Gasteiger partial charge in [-0.15, -0.1) is 0 Å². The molecule has 4 nitrogen and oxygen atoms in total. The molecule has 0 aliphatic heterocycles. The first-order valence-corrected chi connectivity index (χ1v) is 6.69. The van der Waals surface area contributed by atoms with Crippen LogP contribution in [-0.2, 0) is 12.8 Å². The van der Waals surface area contributed by atoms with E-state index in [0.717, 1.165) is 36.9 Å². The predicted octanol–water partition coefficient (Wildman–Crippen LogP) is 2.90. The number of benzene rings is 1. The van der Waals surface area contributed by atoms with Gasteiger partial charge < -0.3 is 5.11 Å². The molecule has 0 bridgehead atoms. The number of fused-ring (bicyclic) bond motifs is 1. The summed E-state index contributed by atoms with van der Waals surface area (Å²) in [6.45, 7) is 1.68. The van der Waals surface area contributed by atoms with Crippen molar-refractivity contribution in [1.82, 2.24) is 9.78 Å². The van der Waals surface area contributed by atoms with Gasteiger partial charge >= 0.3 is 5.97 Å². The predicted molar refractivity (Wildman–Crippen MR) is 71.9 cm³/mol. The first-order valence-electron chi connectivity index (χ1n) is 6.69. The van der Waals surface area contributed by atoms with E-state index in [1.54, 1.807) is 23.7 Å². The molecule has 104 valence electrons. The molecule has 0 unspecified atom stereocenters. The van der Waals surface area contributed by atoms with Gasteiger partial charge in [0.1, 0.15) is 5.82 Å². The van der Waals surface area contributed by atoms with Crippen LogP contribution in [0.2, 0.25) is 0 Å². The first-order chi connectivity index (χ1) is 9.59. The Morgan fingerprint density at radius 1 is 1.35 bits per heavy atom. The highest BCUT2D eigenvalue weighted by Crippen LogP contribution is 2.28. The van der Waals surface area contributed by atoms with Crippen LogP contribution in [0, 0.1) is 12.7 Å². The second kappa shape index (κ2) is 4.74. The van der Waals surface area contributed by atoms with Crippen LogP contribution in [0.5, 0.6) is 0 Å². The largest absolute Gasteiger partial charge is 0.476 e. The fourth-order valence-electron chi connectivity index (χ4n) is 2.80. The third kappa shape index (κ3) is 1.90. The van der Waals surface area contributed by atoms with E-state index < -0.39 is 5.97 Å². The lowest BCUT2D eigenvalue weighted by atomic mass is 9.95. The summed E-state index contributed by atoms with van der Waals surface area (Å²) in [5.41, 5.74) is 2.91. The summed E-state index contributed by atoms with van der Waals surface area (Å²) in [5.74, 6) is -1.32. The van der Waals surface area contributed by atoms with Crippen molar-refractivity contribution < 1.29 is 14.3 Å². The fraction of sp³-hybridized carbons (Fsp3) is 0.333. The Balaban J connectivity index is 2.24. The van der Waals surface area contributed by atoms with Crippen LogP contribution in [0.1, 0.15) is 40.2 Å². The van der Waals surface area contributed by atoms with E-state index in [1.165, 1.54) is 6.07 Å². The summed E-state index contributed by atoms with van der Waals surface area (Å²) in [6.07, 6.45) is 3.49. The highest BCUT2D eigenvalue weighted by molar-refractivity contribution is 5.87. The molecule has 5 heteroatoms. The van der Waals surface area contributed by atoms with Gasteiger partial charge in [0.05, 0.1) is 5.69 Å². The fourth-order valence-corrected chi connectivity index (χ4v) is 2.80. The monoisotopic (exact) mass is 274 g/mol. The van der Waals surface area contributed by atoms with Crippen molar-refractivity contribution in [2.24, 2.45) is 0 Å². The normalized spacial score (nSPS) is 14.1. The van der Waals surface area contributed by atoms with Crippen molar-refractivity contribution in [3.8, 4) is 5.69 Å². The molecule has 0 fully saturated rings. The van der Waals surface area contributed by atoms with Crippen molar-refractivity contribution in [2.45, 2.75) is 32.6 Å². The number of hydrogen-bond donors (Lipinski definition) is 1. The summed E-state index contributed by atoms with van der Waals surface area (Å²) < 4.78 is 15.3. The molecule has 1 aromatic heterocycles. The topological polar surface area (TPSA) is 55.1 Å². The average molecular weight is 274 g/mol. The van der Waals surface area contributed by atoms with E-state index in [-0.39, 0.29) is 11.5 Å². The maximum absolute atomic E-state index is 13.7. The third-order valence-electron chi connectivity index (χ3n) is 3.85. The van der Waals surface area contributed by atoms with Crippen LogP contribution < -0.4 is 0 Å². The zero-order chi connectivity index (χ0) is 14.3. The van der Waals surface area contributed by atoms with Crippen molar-refractivity contribution in [3.05, 3.63) is 46.5 Å². The molecule has 3 rings (SSSR count). The Bertz CT molecular complexity index is 691. The molecule has 1 aliphatic rings. The smallest absolute Gasteiger partial charge is 0.356 e. The van der Waals surface area contributed by atoms with E-state index >= 15 is 0 Å². The Morgan fingerprint density at radius 2 is 2.10 bits per heavy atom. The van der Waals surface area contributed by atoms with Crippen LogP contribution in [0.4, 0.5) is 4.39 Å². The van der Waals surface area contributed by atoms with Gasteiger partial charge in [-0.25, -0.2) is 13.9 Å². The Kier molecular flexibility index (Phi) is 3.04. The van der Waals surface area contributed by atoms with Crippen molar-refractivity contribution >= 4 is 5.97 Å². The molecule has 1 aromatic carbocycles. The van der Waals surface area contributed by atoms with Gasteiger partial charge in [-0.1, -0.05) is 6.07 Å². The van der Waals surface area contributed by atoms with Crippen LogP contribution in [-0.4, -0.2) is 20.9 Å². The molecule has 2 aromatic rings. The van der Waals surface area contributed by atoms with E-state index in [9.17, 15) is 14.3 Å². The molecule has 0 radical (unpaired) electrons.